The molecule has 3 rings (SSSR count). The fourth-order valence-electron chi connectivity index (χ4n) is 1.62. The molecule has 2 nitrogen and oxygen atoms in total. The van der Waals surface area contributed by atoms with Crippen molar-refractivity contribution in [2.45, 2.75) is 0 Å². The van der Waals surface area contributed by atoms with Gasteiger partial charge < -0.3 is 4.90 Å². The van der Waals surface area contributed by atoms with E-state index in [-0.39, 0.29) is 0 Å². The summed E-state index contributed by atoms with van der Waals surface area (Å²) in [6, 6.07) is 2.16. The van der Waals surface area contributed by atoms with Crippen LogP contribution in [0.4, 0.5) is 0 Å². The van der Waals surface area contributed by atoms with Gasteiger partial charge >= 0.3 is 0 Å². The summed E-state index contributed by atoms with van der Waals surface area (Å²) in [7, 11) is 0. The number of hydrogen-bond donors (Lipinski definition) is 0. The molecule has 1 aromatic rings. The highest BCUT2D eigenvalue weighted by Gasteiger charge is 2.18. The summed E-state index contributed by atoms with van der Waals surface area (Å²) in [5, 5.41) is 2.12. The molecule has 0 aromatic carbocycles. The fourth-order valence-corrected chi connectivity index (χ4v) is 2.41. The third kappa shape index (κ3) is 0.971. The first-order valence-corrected chi connectivity index (χ1v) is 5.07. The lowest BCUT2D eigenvalue weighted by Gasteiger charge is -2.26. The molecular weight excluding hydrogens is 180 g/mol. The summed E-state index contributed by atoms with van der Waals surface area (Å²) in [6.45, 7) is 0.887. The van der Waals surface area contributed by atoms with Crippen LogP contribution in [0.3, 0.4) is 0 Å². The Morgan fingerprint density at radius 1 is 1.46 bits per heavy atom. The number of thiophene rings is 1. The Bertz CT molecular complexity index is 426. The van der Waals surface area contributed by atoms with E-state index < -0.39 is 0 Å². The Morgan fingerprint density at radius 3 is 3.46 bits per heavy atom. The molecule has 3 heteroatoms. The summed E-state index contributed by atoms with van der Waals surface area (Å²) < 4.78 is 0. The monoisotopic (exact) mass is 188 g/mol. The van der Waals surface area contributed by atoms with Crippen molar-refractivity contribution in [2.75, 3.05) is 6.54 Å². The maximum atomic E-state index is 4.18. The number of fused-ring (bicyclic) bond motifs is 3. The van der Waals surface area contributed by atoms with Crippen LogP contribution in [0.5, 0.6) is 0 Å². The molecule has 3 heterocycles. The van der Waals surface area contributed by atoms with Crippen LogP contribution < -0.4 is 0 Å². The normalized spacial score (nSPS) is 18.2. The minimum Gasteiger partial charge on any atom is -0.341 e. The molecule has 0 bridgehead atoms. The van der Waals surface area contributed by atoms with Crippen molar-refractivity contribution >= 4 is 29.3 Å². The first kappa shape index (κ1) is 7.09. The highest BCUT2D eigenvalue weighted by molar-refractivity contribution is 7.11. The molecule has 1 aromatic heterocycles. The van der Waals surface area contributed by atoms with Gasteiger partial charge in [0.15, 0.2) is 0 Å². The van der Waals surface area contributed by atoms with E-state index in [0.717, 1.165) is 6.54 Å². The molecule has 13 heavy (non-hydrogen) atoms. The zero-order chi connectivity index (χ0) is 8.67. The van der Waals surface area contributed by atoms with E-state index in [4.69, 9.17) is 0 Å². The minimum atomic E-state index is 0.887. The Hall–Kier alpha value is -1.35. The molecule has 0 radical (unpaired) electrons. The molecule has 0 fully saturated rings. The van der Waals surface area contributed by atoms with Gasteiger partial charge in [-0.15, -0.1) is 11.3 Å². The molecular formula is C10H8N2S. The Balaban J connectivity index is 2.21. The molecule has 0 saturated carbocycles. The fraction of sp³-hybridized carbons (Fsp3) is 0.100. The van der Waals surface area contributed by atoms with Gasteiger partial charge in [0.25, 0.3) is 0 Å². The van der Waals surface area contributed by atoms with Crippen molar-refractivity contribution in [3.63, 3.8) is 0 Å². The Morgan fingerprint density at radius 2 is 2.46 bits per heavy atom. The lowest BCUT2D eigenvalue weighted by atomic mass is 10.1. The van der Waals surface area contributed by atoms with Crippen LogP contribution >= 0.6 is 11.3 Å². The summed E-state index contributed by atoms with van der Waals surface area (Å²) in [4.78, 5) is 7.73. The second-order valence-electron chi connectivity index (χ2n) is 3.01. The maximum Gasteiger partial charge on any atom is 0.0683 e. The molecule has 0 N–H and O–H groups in total. The third-order valence-electron chi connectivity index (χ3n) is 2.27. The minimum absolute atomic E-state index is 0.887. The average Bonchev–Trinajstić information content (AvgIpc) is 2.65. The average molecular weight is 188 g/mol. The van der Waals surface area contributed by atoms with Crippen LogP contribution in [0.15, 0.2) is 28.8 Å². The smallest absolute Gasteiger partial charge is 0.0683 e. The van der Waals surface area contributed by atoms with Gasteiger partial charge in [-0.25, -0.2) is 0 Å². The molecule has 0 saturated heterocycles. The topological polar surface area (TPSA) is 15.6 Å². The first-order valence-electron chi connectivity index (χ1n) is 4.20. The molecule has 0 unspecified atom stereocenters. The van der Waals surface area contributed by atoms with Gasteiger partial charge in [-0.05, 0) is 17.5 Å². The van der Waals surface area contributed by atoms with E-state index in [9.17, 15) is 0 Å². The predicted molar refractivity (Wildman–Crippen MR) is 56.5 cm³/mol. The van der Waals surface area contributed by atoms with Crippen LogP contribution in [0, 0.1) is 0 Å². The molecule has 64 valence electrons. The molecule has 0 atom stereocenters. The molecule has 0 aliphatic carbocycles. The van der Waals surface area contributed by atoms with Crippen LogP contribution in [-0.2, 0) is 0 Å². The largest absolute Gasteiger partial charge is 0.341 e. The molecule has 0 amide bonds. The summed E-state index contributed by atoms with van der Waals surface area (Å²) in [6.07, 6.45) is 8.14. The number of aliphatic imine (C=N–C) groups is 1. The molecule has 2 aliphatic heterocycles. The zero-order valence-corrected chi connectivity index (χ0v) is 7.79. The van der Waals surface area contributed by atoms with Gasteiger partial charge in [-0.3, -0.25) is 4.99 Å². The van der Waals surface area contributed by atoms with Crippen molar-refractivity contribution in [3.8, 4) is 0 Å². The molecule has 2 aliphatic rings. The number of hydrogen-bond acceptors (Lipinski definition) is 3. The van der Waals surface area contributed by atoms with Gasteiger partial charge in [0, 0.05) is 22.9 Å². The van der Waals surface area contributed by atoms with Gasteiger partial charge in [-0.2, -0.15) is 0 Å². The number of nitrogens with zero attached hydrogens (tertiary/aromatic N) is 2. The first-order chi connectivity index (χ1) is 6.45. The second-order valence-corrected chi connectivity index (χ2v) is 3.96. The van der Waals surface area contributed by atoms with Gasteiger partial charge in [0.05, 0.1) is 18.4 Å². The lowest BCUT2D eigenvalue weighted by Crippen LogP contribution is -2.22. The predicted octanol–water partition coefficient (Wildman–Crippen LogP) is 2.42. The van der Waals surface area contributed by atoms with E-state index in [2.05, 4.69) is 33.6 Å². The quantitative estimate of drug-likeness (QED) is 0.610. The summed E-state index contributed by atoms with van der Waals surface area (Å²) >= 11 is 1.77. The van der Waals surface area contributed by atoms with E-state index in [1.54, 1.807) is 11.3 Å². The van der Waals surface area contributed by atoms with Crippen LogP contribution in [0.1, 0.15) is 10.4 Å². The molecule has 0 spiro atoms. The van der Waals surface area contributed by atoms with E-state index >= 15 is 0 Å². The number of rotatable bonds is 0. The third-order valence-corrected chi connectivity index (χ3v) is 3.15. The van der Waals surface area contributed by atoms with Crippen LogP contribution in [0.2, 0.25) is 0 Å². The van der Waals surface area contributed by atoms with Gasteiger partial charge in [0.1, 0.15) is 0 Å². The van der Waals surface area contributed by atoms with E-state index in [0.29, 0.717) is 0 Å². The zero-order valence-electron chi connectivity index (χ0n) is 6.97. The summed E-state index contributed by atoms with van der Waals surface area (Å²) in [5.41, 5.74) is 2.53. The van der Waals surface area contributed by atoms with E-state index in [1.807, 2.05) is 12.4 Å². The maximum absolute atomic E-state index is 4.18. The highest BCUT2D eigenvalue weighted by atomic mass is 32.1. The highest BCUT2D eigenvalue weighted by Crippen LogP contribution is 2.33. The van der Waals surface area contributed by atoms with Gasteiger partial charge in [0.2, 0.25) is 0 Å². The lowest BCUT2D eigenvalue weighted by molar-refractivity contribution is 0.608. The van der Waals surface area contributed by atoms with Crippen molar-refractivity contribution < 1.29 is 0 Å². The van der Waals surface area contributed by atoms with Gasteiger partial charge in [-0.1, -0.05) is 0 Å². The second kappa shape index (κ2) is 2.57. The van der Waals surface area contributed by atoms with E-state index in [1.165, 1.54) is 16.1 Å². The van der Waals surface area contributed by atoms with Crippen molar-refractivity contribution in [2.24, 2.45) is 4.99 Å². The SMILES string of the molecule is C1=CN2CC=NC=C2c2ccsc21. The van der Waals surface area contributed by atoms with Crippen molar-refractivity contribution in [1.82, 2.24) is 4.90 Å². The van der Waals surface area contributed by atoms with Crippen molar-refractivity contribution in [1.29, 1.82) is 0 Å². The summed E-state index contributed by atoms with van der Waals surface area (Å²) in [5.74, 6) is 0. The van der Waals surface area contributed by atoms with Crippen LogP contribution in [0.25, 0.3) is 11.8 Å². The van der Waals surface area contributed by atoms with Crippen LogP contribution in [-0.4, -0.2) is 17.7 Å². The Kier molecular flexibility index (Phi) is 1.40. The Labute approximate surface area is 80.5 Å². The van der Waals surface area contributed by atoms with Crippen molar-refractivity contribution in [3.05, 3.63) is 34.3 Å². The standard InChI is InChI=1S/C10H8N2S/c1-4-12-5-3-11-7-9(12)8-2-6-13-10(1)8/h1-4,6-7H,5H2.